The third kappa shape index (κ3) is 2.23. The maximum absolute atomic E-state index is 11.8. The maximum Gasteiger partial charge on any atom is 0.254 e. The summed E-state index contributed by atoms with van der Waals surface area (Å²) in [5, 5.41) is 0. The van der Waals surface area contributed by atoms with Crippen molar-refractivity contribution in [2.24, 2.45) is 0 Å². The van der Waals surface area contributed by atoms with Crippen LogP contribution >= 0.6 is 0 Å². The summed E-state index contributed by atoms with van der Waals surface area (Å²) in [6, 6.07) is 4.00. The molecule has 0 amide bonds. The van der Waals surface area contributed by atoms with E-state index in [9.17, 15) is 4.79 Å². The number of anilines is 1. The van der Waals surface area contributed by atoms with E-state index in [1.807, 2.05) is 12.3 Å². The topological polar surface area (TPSA) is 61.9 Å². The lowest BCUT2D eigenvalue weighted by Crippen LogP contribution is -2.28. The van der Waals surface area contributed by atoms with Crippen molar-refractivity contribution in [3.63, 3.8) is 0 Å². The molecule has 0 fully saturated rings. The fraction of sp³-hybridized carbons (Fsp3) is 0.357. The van der Waals surface area contributed by atoms with Crippen LogP contribution in [-0.2, 0) is 12.8 Å². The molecule has 0 saturated heterocycles. The quantitative estimate of drug-likeness (QED) is 0.829. The molecule has 5 heteroatoms. The van der Waals surface area contributed by atoms with Gasteiger partial charge in [0.25, 0.3) is 5.56 Å². The zero-order chi connectivity index (χ0) is 13.2. The third-order valence-electron chi connectivity index (χ3n) is 3.57. The summed E-state index contributed by atoms with van der Waals surface area (Å²) in [5.74, 6) is 1.01. The molecule has 1 aliphatic heterocycles. The number of aryl methyl sites for hydroxylation is 1. The van der Waals surface area contributed by atoms with Gasteiger partial charge in [-0.15, -0.1) is 0 Å². The molecule has 2 aromatic rings. The van der Waals surface area contributed by atoms with E-state index in [1.165, 1.54) is 6.33 Å². The lowest BCUT2D eigenvalue weighted by molar-refractivity contribution is 0.783. The minimum Gasteiger partial charge on any atom is -0.356 e. The maximum atomic E-state index is 11.8. The van der Waals surface area contributed by atoms with Gasteiger partial charge in [-0.3, -0.25) is 4.79 Å². The molecule has 3 heterocycles. The molecule has 0 aliphatic carbocycles. The Kier molecular flexibility index (Phi) is 3.03. The number of aromatic nitrogens is 3. The van der Waals surface area contributed by atoms with Crippen molar-refractivity contribution >= 4 is 5.82 Å². The molecule has 0 aromatic carbocycles. The van der Waals surface area contributed by atoms with Gasteiger partial charge in [-0.1, -0.05) is 6.07 Å². The van der Waals surface area contributed by atoms with Crippen LogP contribution in [0.15, 0.2) is 29.5 Å². The lowest BCUT2D eigenvalue weighted by Gasteiger charge is -2.22. The number of nitrogens with one attached hydrogen (secondary N) is 1. The molecular formula is C14H16N4O. The fourth-order valence-corrected chi connectivity index (χ4v) is 2.56. The molecule has 5 nitrogen and oxygen atoms in total. The van der Waals surface area contributed by atoms with Crippen molar-refractivity contribution in [3.8, 4) is 0 Å². The molecule has 0 bridgehead atoms. The van der Waals surface area contributed by atoms with Crippen LogP contribution in [0, 0.1) is 6.92 Å². The van der Waals surface area contributed by atoms with Crippen molar-refractivity contribution in [1.29, 1.82) is 0 Å². The standard InChI is InChI=1S/C14H16N4O/c1-10-3-2-6-15-13(10)18-7-4-11-12(5-8-18)16-9-17-14(11)19/h2-3,6,9H,4-5,7-8H2,1H3,(H,16,17,19). The normalized spacial score (nSPS) is 14.9. The van der Waals surface area contributed by atoms with Crippen LogP contribution in [0.4, 0.5) is 5.82 Å². The van der Waals surface area contributed by atoms with Crippen LogP contribution < -0.4 is 10.5 Å². The summed E-state index contributed by atoms with van der Waals surface area (Å²) < 4.78 is 0. The minimum atomic E-state index is -0.00964. The Morgan fingerprint density at radius 2 is 2.11 bits per heavy atom. The van der Waals surface area contributed by atoms with Gasteiger partial charge >= 0.3 is 0 Å². The highest BCUT2D eigenvalue weighted by molar-refractivity contribution is 5.46. The summed E-state index contributed by atoms with van der Waals surface area (Å²) >= 11 is 0. The monoisotopic (exact) mass is 256 g/mol. The molecule has 3 rings (SSSR count). The molecule has 1 N–H and O–H groups in total. The van der Waals surface area contributed by atoms with Crippen LogP contribution in [0.3, 0.4) is 0 Å². The highest BCUT2D eigenvalue weighted by Gasteiger charge is 2.18. The summed E-state index contributed by atoms with van der Waals surface area (Å²) in [4.78, 5) is 25.4. The van der Waals surface area contributed by atoms with Gasteiger partial charge < -0.3 is 9.88 Å². The van der Waals surface area contributed by atoms with E-state index in [-0.39, 0.29) is 5.56 Å². The Balaban J connectivity index is 1.90. The average Bonchev–Trinajstić information content (AvgIpc) is 2.63. The van der Waals surface area contributed by atoms with E-state index < -0.39 is 0 Å². The molecule has 19 heavy (non-hydrogen) atoms. The first-order valence-corrected chi connectivity index (χ1v) is 6.47. The first-order chi connectivity index (χ1) is 9.25. The van der Waals surface area contributed by atoms with E-state index in [0.29, 0.717) is 6.42 Å². The van der Waals surface area contributed by atoms with Crippen molar-refractivity contribution in [3.05, 3.63) is 51.8 Å². The Morgan fingerprint density at radius 3 is 2.95 bits per heavy atom. The molecule has 0 atom stereocenters. The van der Waals surface area contributed by atoms with Crippen molar-refractivity contribution in [1.82, 2.24) is 15.0 Å². The zero-order valence-electron chi connectivity index (χ0n) is 10.9. The molecule has 0 radical (unpaired) electrons. The van der Waals surface area contributed by atoms with Crippen molar-refractivity contribution < 1.29 is 0 Å². The Labute approximate surface area is 111 Å². The first kappa shape index (κ1) is 11.9. The highest BCUT2D eigenvalue weighted by atomic mass is 16.1. The average molecular weight is 256 g/mol. The second-order valence-electron chi connectivity index (χ2n) is 4.79. The van der Waals surface area contributed by atoms with Gasteiger partial charge in [-0.2, -0.15) is 0 Å². The predicted molar refractivity (Wildman–Crippen MR) is 73.5 cm³/mol. The summed E-state index contributed by atoms with van der Waals surface area (Å²) in [6.07, 6.45) is 4.80. The Hall–Kier alpha value is -2.17. The number of aromatic amines is 1. The van der Waals surface area contributed by atoms with Crippen LogP contribution in [0.25, 0.3) is 0 Å². The van der Waals surface area contributed by atoms with Gasteiger partial charge in [0.15, 0.2) is 0 Å². The fourth-order valence-electron chi connectivity index (χ4n) is 2.56. The highest BCUT2D eigenvalue weighted by Crippen LogP contribution is 2.19. The Morgan fingerprint density at radius 1 is 1.26 bits per heavy atom. The minimum absolute atomic E-state index is 0.00964. The molecule has 2 aromatic heterocycles. The number of pyridine rings is 1. The molecule has 1 aliphatic rings. The molecule has 98 valence electrons. The summed E-state index contributed by atoms with van der Waals surface area (Å²) in [6.45, 7) is 3.71. The van der Waals surface area contributed by atoms with E-state index >= 15 is 0 Å². The van der Waals surface area contributed by atoms with Gasteiger partial charge in [-0.05, 0) is 25.0 Å². The van der Waals surface area contributed by atoms with E-state index in [4.69, 9.17) is 0 Å². The zero-order valence-corrected chi connectivity index (χ0v) is 10.9. The summed E-state index contributed by atoms with van der Waals surface area (Å²) in [5.41, 5.74) is 2.89. The second-order valence-corrected chi connectivity index (χ2v) is 4.79. The number of hydrogen-bond donors (Lipinski definition) is 1. The molecule has 0 spiro atoms. The van der Waals surface area contributed by atoms with Crippen LogP contribution in [0.5, 0.6) is 0 Å². The van der Waals surface area contributed by atoms with E-state index in [1.54, 1.807) is 0 Å². The van der Waals surface area contributed by atoms with Crippen LogP contribution in [-0.4, -0.2) is 28.0 Å². The summed E-state index contributed by atoms with van der Waals surface area (Å²) in [7, 11) is 0. The number of hydrogen-bond acceptors (Lipinski definition) is 4. The number of rotatable bonds is 1. The van der Waals surface area contributed by atoms with E-state index in [2.05, 4.69) is 32.8 Å². The predicted octanol–water partition coefficient (Wildman–Crippen LogP) is 1.08. The van der Waals surface area contributed by atoms with Crippen LogP contribution in [0.1, 0.15) is 16.8 Å². The molecule has 0 unspecified atom stereocenters. The van der Waals surface area contributed by atoms with Gasteiger partial charge in [-0.25, -0.2) is 9.97 Å². The number of H-pyrrole nitrogens is 1. The molecule has 0 saturated carbocycles. The second kappa shape index (κ2) is 4.84. The molecular weight excluding hydrogens is 240 g/mol. The van der Waals surface area contributed by atoms with Gasteiger partial charge in [0.05, 0.1) is 12.0 Å². The van der Waals surface area contributed by atoms with E-state index in [0.717, 1.165) is 42.1 Å². The third-order valence-corrected chi connectivity index (χ3v) is 3.57. The largest absolute Gasteiger partial charge is 0.356 e. The Bertz CT molecular complexity index is 650. The van der Waals surface area contributed by atoms with Gasteiger partial charge in [0.2, 0.25) is 0 Å². The van der Waals surface area contributed by atoms with Crippen LogP contribution in [0.2, 0.25) is 0 Å². The van der Waals surface area contributed by atoms with Gasteiger partial charge in [0, 0.05) is 31.3 Å². The number of nitrogens with zero attached hydrogens (tertiary/aromatic N) is 3. The number of fused-ring (bicyclic) bond motifs is 1. The SMILES string of the molecule is Cc1cccnc1N1CCc2nc[nH]c(=O)c2CC1. The smallest absolute Gasteiger partial charge is 0.254 e. The van der Waals surface area contributed by atoms with Gasteiger partial charge in [0.1, 0.15) is 5.82 Å². The lowest BCUT2D eigenvalue weighted by atomic mass is 10.1. The van der Waals surface area contributed by atoms with Crippen molar-refractivity contribution in [2.45, 2.75) is 19.8 Å². The van der Waals surface area contributed by atoms with Crippen molar-refractivity contribution in [2.75, 3.05) is 18.0 Å². The first-order valence-electron chi connectivity index (χ1n) is 6.47.